The highest BCUT2D eigenvalue weighted by Crippen LogP contribution is 2.23. The van der Waals surface area contributed by atoms with Crippen LogP contribution in [0.15, 0.2) is 33.3 Å². The molecule has 7 heteroatoms. The number of rotatable bonds is 4. The van der Waals surface area contributed by atoms with Crippen LogP contribution in [0, 0.1) is 5.82 Å². The maximum absolute atomic E-state index is 12.9. The second-order valence-corrected chi connectivity index (χ2v) is 4.54. The van der Waals surface area contributed by atoms with Crippen molar-refractivity contribution in [2.75, 3.05) is 12.4 Å². The van der Waals surface area contributed by atoms with Gasteiger partial charge in [0.2, 0.25) is 0 Å². The van der Waals surface area contributed by atoms with E-state index < -0.39 is 11.7 Å². The van der Waals surface area contributed by atoms with Gasteiger partial charge in [0.25, 0.3) is 5.91 Å². The van der Waals surface area contributed by atoms with E-state index in [9.17, 15) is 9.18 Å². The van der Waals surface area contributed by atoms with Crippen molar-refractivity contribution >= 4 is 27.5 Å². The first kappa shape index (κ1) is 13.7. The highest BCUT2D eigenvalue weighted by Gasteiger charge is 2.14. The van der Waals surface area contributed by atoms with Crippen molar-refractivity contribution in [2.24, 2.45) is 0 Å². The summed E-state index contributed by atoms with van der Waals surface area (Å²) in [7, 11) is 1.51. The molecule has 1 aromatic carbocycles. The van der Waals surface area contributed by atoms with Crippen LogP contribution in [-0.2, 0) is 11.3 Å². The molecule has 0 unspecified atom stereocenters. The number of aromatic nitrogens is 1. The average molecular weight is 329 g/mol. The van der Waals surface area contributed by atoms with Crippen LogP contribution in [0.1, 0.15) is 16.2 Å². The van der Waals surface area contributed by atoms with Gasteiger partial charge in [-0.2, -0.15) is 0 Å². The molecule has 0 spiro atoms. The van der Waals surface area contributed by atoms with E-state index in [0.717, 1.165) is 0 Å². The quantitative estimate of drug-likeness (QED) is 0.937. The van der Waals surface area contributed by atoms with Crippen molar-refractivity contribution in [3.8, 4) is 0 Å². The zero-order valence-electron chi connectivity index (χ0n) is 9.94. The lowest BCUT2D eigenvalue weighted by molar-refractivity contribution is 0.101. The zero-order chi connectivity index (χ0) is 13.8. The van der Waals surface area contributed by atoms with Gasteiger partial charge in [0.05, 0.1) is 5.69 Å². The molecule has 0 aliphatic heterocycles. The molecule has 0 radical (unpaired) electrons. The van der Waals surface area contributed by atoms with E-state index in [1.165, 1.54) is 31.4 Å². The number of halogens is 2. The molecule has 5 nitrogen and oxygen atoms in total. The average Bonchev–Trinajstić information content (AvgIpc) is 2.82. The first-order valence-corrected chi connectivity index (χ1v) is 6.10. The van der Waals surface area contributed by atoms with E-state index in [4.69, 9.17) is 9.26 Å². The molecule has 0 atom stereocenters. The maximum atomic E-state index is 12.9. The van der Waals surface area contributed by atoms with Crippen molar-refractivity contribution in [1.82, 2.24) is 5.16 Å². The molecule has 0 saturated carbocycles. The molecule has 19 heavy (non-hydrogen) atoms. The van der Waals surface area contributed by atoms with Crippen LogP contribution in [0.3, 0.4) is 0 Å². The van der Waals surface area contributed by atoms with Gasteiger partial charge in [0.1, 0.15) is 12.4 Å². The van der Waals surface area contributed by atoms with Gasteiger partial charge < -0.3 is 14.6 Å². The van der Waals surface area contributed by atoms with E-state index in [1.807, 2.05) is 0 Å². The minimum atomic E-state index is -0.446. The normalized spacial score (nSPS) is 10.5. The van der Waals surface area contributed by atoms with Crippen molar-refractivity contribution in [1.29, 1.82) is 0 Å². The number of nitrogens with zero attached hydrogens (tertiary/aromatic N) is 1. The van der Waals surface area contributed by atoms with E-state index in [0.29, 0.717) is 15.9 Å². The Bertz CT molecular complexity index is 600. The molecular weight excluding hydrogens is 319 g/mol. The first-order chi connectivity index (χ1) is 9.10. The van der Waals surface area contributed by atoms with Gasteiger partial charge in [0.15, 0.2) is 11.5 Å². The van der Waals surface area contributed by atoms with E-state index in [2.05, 4.69) is 26.4 Å². The molecule has 1 amide bonds. The predicted molar refractivity (Wildman–Crippen MR) is 69.3 cm³/mol. The number of nitrogens with one attached hydrogen (secondary N) is 1. The summed E-state index contributed by atoms with van der Waals surface area (Å²) in [6.07, 6.45) is 0. The Morgan fingerprint density at radius 1 is 1.53 bits per heavy atom. The van der Waals surface area contributed by atoms with E-state index in [1.54, 1.807) is 0 Å². The second-order valence-electron chi connectivity index (χ2n) is 3.69. The molecule has 0 aliphatic rings. The van der Waals surface area contributed by atoms with Gasteiger partial charge in [-0.1, -0.05) is 5.16 Å². The fourth-order valence-corrected chi connectivity index (χ4v) is 1.86. The number of carbonyl (C=O) groups excluding carboxylic acids is 1. The molecule has 0 bridgehead atoms. The zero-order valence-corrected chi connectivity index (χ0v) is 11.5. The van der Waals surface area contributed by atoms with Crippen LogP contribution in [0.25, 0.3) is 0 Å². The third kappa shape index (κ3) is 3.39. The van der Waals surface area contributed by atoms with Gasteiger partial charge in [-0.15, -0.1) is 0 Å². The molecule has 1 aromatic heterocycles. The van der Waals surface area contributed by atoms with E-state index in [-0.39, 0.29) is 12.3 Å². The van der Waals surface area contributed by atoms with Crippen molar-refractivity contribution in [3.63, 3.8) is 0 Å². The summed E-state index contributed by atoms with van der Waals surface area (Å²) < 4.78 is 23.1. The van der Waals surface area contributed by atoms with Crippen LogP contribution < -0.4 is 5.32 Å². The highest BCUT2D eigenvalue weighted by atomic mass is 79.9. The smallest absolute Gasteiger partial charge is 0.277 e. The topological polar surface area (TPSA) is 64.4 Å². The van der Waals surface area contributed by atoms with Gasteiger partial charge in [-0.25, -0.2) is 4.39 Å². The van der Waals surface area contributed by atoms with Gasteiger partial charge in [0, 0.05) is 17.6 Å². The molecule has 1 heterocycles. The molecular formula is C12H10BrFN2O3. The Labute approximate surface area is 116 Å². The Kier molecular flexibility index (Phi) is 4.28. The first-order valence-electron chi connectivity index (χ1n) is 5.31. The molecule has 0 aliphatic carbocycles. The Morgan fingerprint density at radius 3 is 3.00 bits per heavy atom. The number of methoxy groups -OCH3 is 1. The predicted octanol–water partition coefficient (Wildman–Crippen LogP) is 2.97. The number of anilines is 1. The minimum absolute atomic E-state index is 0.128. The van der Waals surface area contributed by atoms with Crippen LogP contribution in [-0.4, -0.2) is 18.2 Å². The number of hydrogen-bond donors (Lipinski definition) is 1. The summed E-state index contributed by atoms with van der Waals surface area (Å²) in [5.41, 5.74) is 0.575. The van der Waals surface area contributed by atoms with Gasteiger partial charge in [-0.3, -0.25) is 4.79 Å². The second kappa shape index (κ2) is 5.94. The third-order valence-corrected chi connectivity index (χ3v) is 2.91. The van der Waals surface area contributed by atoms with Crippen LogP contribution in [0.5, 0.6) is 0 Å². The lowest BCUT2D eigenvalue weighted by Gasteiger charge is -2.05. The number of ether oxygens (including phenoxy) is 1. The molecule has 0 saturated heterocycles. The number of hydrogen-bond acceptors (Lipinski definition) is 4. The summed E-state index contributed by atoms with van der Waals surface area (Å²) in [5.74, 6) is -0.391. The van der Waals surface area contributed by atoms with Gasteiger partial charge in [-0.05, 0) is 34.1 Å². The van der Waals surface area contributed by atoms with Crippen molar-refractivity contribution < 1.29 is 18.4 Å². The fraction of sp³-hybridized carbons (Fsp3) is 0.167. The van der Waals surface area contributed by atoms with Crippen LogP contribution in [0.2, 0.25) is 0 Å². The summed E-state index contributed by atoms with van der Waals surface area (Å²) in [5, 5.41) is 6.22. The summed E-state index contributed by atoms with van der Waals surface area (Å²) in [4.78, 5) is 11.9. The lowest BCUT2D eigenvalue weighted by atomic mass is 10.3. The Morgan fingerprint density at radius 2 is 2.32 bits per heavy atom. The van der Waals surface area contributed by atoms with E-state index >= 15 is 0 Å². The summed E-state index contributed by atoms with van der Waals surface area (Å²) >= 11 is 3.16. The Hall–Kier alpha value is -1.73. The highest BCUT2D eigenvalue weighted by molar-refractivity contribution is 9.10. The summed E-state index contributed by atoms with van der Waals surface area (Å²) in [6.45, 7) is 0.237. The minimum Gasteiger partial charge on any atom is -0.377 e. The standard InChI is InChI=1S/C12H10BrFN2O3/c1-18-6-8-5-11(16-19-8)12(17)15-10-3-2-7(14)4-9(10)13/h2-5H,6H2,1H3,(H,15,17). The van der Waals surface area contributed by atoms with Gasteiger partial charge >= 0.3 is 0 Å². The molecule has 2 aromatic rings. The third-order valence-electron chi connectivity index (χ3n) is 2.26. The monoisotopic (exact) mass is 328 g/mol. The Balaban J connectivity index is 2.11. The van der Waals surface area contributed by atoms with Crippen LogP contribution >= 0.6 is 15.9 Å². The summed E-state index contributed by atoms with van der Waals surface area (Å²) in [6, 6.07) is 5.44. The fourth-order valence-electron chi connectivity index (χ4n) is 1.41. The number of carbonyl (C=O) groups is 1. The number of amides is 1. The molecule has 2 rings (SSSR count). The number of benzene rings is 1. The maximum Gasteiger partial charge on any atom is 0.277 e. The van der Waals surface area contributed by atoms with Crippen LogP contribution in [0.4, 0.5) is 10.1 Å². The largest absolute Gasteiger partial charge is 0.377 e. The van der Waals surface area contributed by atoms with Crippen molar-refractivity contribution in [3.05, 3.63) is 46.0 Å². The molecule has 100 valence electrons. The molecule has 1 N–H and O–H groups in total. The SMILES string of the molecule is COCc1cc(C(=O)Nc2ccc(F)cc2Br)no1. The lowest BCUT2D eigenvalue weighted by Crippen LogP contribution is -2.12. The molecule has 0 fully saturated rings. The van der Waals surface area contributed by atoms with Crippen molar-refractivity contribution in [2.45, 2.75) is 6.61 Å².